The molecule has 164 valence electrons. The molecule has 3 aromatic rings. The third-order valence-electron chi connectivity index (χ3n) is 4.37. The molecule has 0 aromatic carbocycles. The molecule has 0 atom stereocenters. The average Bonchev–Trinajstić information content (AvgIpc) is 3.06. The smallest absolute Gasteiger partial charge is 0.368 e. The SMILES string of the molecule is Cc1noc(C)c1CSc1ncccc1C(=O)NCCNc1ncccc1C(F)(F)F. The minimum Gasteiger partial charge on any atom is -0.368 e. The lowest BCUT2D eigenvalue weighted by Crippen LogP contribution is -2.29. The number of aryl methyl sites for hydroxylation is 2. The highest BCUT2D eigenvalue weighted by molar-refractivity contribution is 7.98. The van der Waals surface area contributed by atoms with E-state index in [0.29, 0.717) is 22.1 Å². The average molecular weight is 451 g/mol. The van der Waals surface area contributed by atoms with Crippen LogP contribution in [0.3, 0.4) is 0 Å². The molecule has 0 saturated carbocycles. The zero-order valence-electron chi connectivity index (χ0n) is 16.8. The van der Waals surface area contributed by atoms with Crippen molar-refractivity contribution in [3.8, 4) is 0 Å². The number of alkyl halides is 3. The minimum absolute atomic E-state index is 0.0770. The number of pyridine rings is 2. The Hall–Kier alpha value is -3.08. The first-order valence-electron chi connectivity index (χ1n) is 9.31. The summed E-state index contributed by atoms with van der Waals surface area (Å²) in [5, 5.41) is 9.75. The maximum atomic E-state index is 13.0. The summed E-state index contributed by atoms with van der Waals surface area (Å²) in [4.78, 5) is 20.6. The molecule has 3 aromatic heterocycles. The number of hydrogen-bond donors (Lipinski definition) is 2. The summed E-state index contributed by atoms with van der Waals surface area (Å²) in [5.74, 6) is 0.611. The van der Waals surface area contributed by atoms with Gasteiger partial charge < -0.3 is 15.2 Å². The number of carbonyl (C=O) groups excluding carboxylic acids is 1. The molecule has 3 heterocycles. The van der Waals surface area contributed by atoms with E-state index in [2.05, 4.69) is 25.8 Å². The number of amides is 1. The zero-order valence-corrected chi connectivity index (χ0v) is 17.6. The second-order valence-electron chi connectivity index (χ2n) is 6.53. The van der Waals surface area contributed by atoms with E-state index in [1.807, 2.05) is 13.8 Å². The van der Waals surface area contributed by atoms with E-state index in [1.165, 1.54) is 24.0 Å². The lowest BCUT2D eigenvalue weighted by atomic mass is 10.2. The van der Waals surface area contributed by atoms with E-state index < -0.39 is 11.7 Å². The quantitative estimate of drug-likeness (QED) is 0.391. The summed E-state index contributed by atoms with van der Waals surface area (Å²) in [6, 6.07) is 5.47. The van der Waals surface area contributed by atoms with Crippen molar-refractivity contribution in [3.63, 3.8) is 0 Å². The second-order valence-corrected chi connectivity index (χ2v) is 7.49. The summed E-state index contributed by atoms with van der Waals surface area (Å²) < 4.78 is 44.2. The topological polar surface area (TPSA) is 92.9 Å². The van der Waals surface area contributed by atoms with Gasteiger partial charge in [-0.2, -0.15) is 13.2 Å². The third-order valence-corrected chi connectivity index (χ3v) is 5.40. The molecule has 0 aliphatic rings. The minimum atomic E-state index is -4.51. The number of carbonyl (C=O) groups is 1. The molecule has 3 rings (SSSR count). The fourth-order valence-electron chi connectivity index (χ4n) is 2.75. The molecule has 11 heteroatoms. The van der Waals surface area contributed by atoms with Gasteiger partial charge in [0.05, 0.1) is 16.8 Å². The lowest BCUT2D eigenvalue weighted by molar-refractivity contribution is -0.137. The van der Waals surface area contributed by atoms with Gasteiger partial charge in [-0.15, -0.1) is 11.8 Å². The summed E-state index contributed by atoms with van der Waals surface area (Å²) in [6.45, 7) is 3.85. The van der Waals surface area contributed by atoms with E-state index in [0.717, 1.165) is 17.3 Å². The van der Waals surface area contributed by atoms with Crippen LogP contribution in [0.15, 0.2) is 46.2 Å². The predicted octanol–water partition coefficient (Wildman–Crippen LogP) is 4.23. The van der Waals surface area contributed by atoms with E-state index in [1.54, 1.807) is 18.3 Å². The first kappa shape index (κ1) is 22.6. The first-order valence-corrected chi connectivity index (χ1v) is 10.3. The monoisotopic (exact) mass is 451 g/mol. The molecule has 0 saturated heterocycles. The lowest BCUT2D eigenvalue weighted by Gasteiger charge is -2.13. The van der Waals surface area contributed by atoms with Crippen LogP contribution in [0.25, 0.3) is 0 Å². The van der Waals surface area contributed by atoms with Crippen molar-refractivity contribution >= 4 is 23.5 Å². The highest BCUT2D eigenvalue weighted by Crippen LogP contribution is 2.33. The van der Waals surface area contributed by atoms with E-state index in [9.17, 15) is 18.0 Å². The van der Waals surface area contributed by atoms with E-state index >= 15 is 0 Å². The number of nitrogens with one attached hydrogen (secondary N) is 2. The van der Waals surface area contributed by atoms with Crippen LogP contribution in [-0.2, 0) is 11.9 Å². The molecule has 7 nitrogen and oxygen atoms in total. The number of aromatic nitrogens is 3. The van der Waals surface area contributed by atoms with Gasteiger partial charge in [-0.1, -0.05) is 5.16 Å². The Morgan fingerprint density at radius 1 is 1.13 bits per heavy atom. The van der Waals surface area contributed by atoms with Gasteiger partial charge in [-0.25, -0.2) is 9.97 Å². The van der Waals surface area contributed by atoms with Crippen molar-refractivity contribution < 1.29 is 22.5 Å². The fourth-order valence-corrected chi connectivity index (χ4v) is 3.90. The number of rotatable bonds is 8. The third kappa shape index (κ3) is 5.75. The molecule has 1 amide bonds. The van der Waals surface area contributed by atoms with Crippen molar-refractivity contribution in [1.29, 1.82) is 0 Å². The number of nitrogens with zero attached hydrogens (tertiary/aromatic N) is 3. The molecule has 0 aliphatic carbocycles. The Balaban J connectivity index is 1.57. The van der Waals surface area contributed by atoms with Gasteiger partial charge in [0.2, 0.25) is 0 Å². The van der Waals surface area contributed by atoms with Crippen LogP contribution in [0.2, 0.25) is 0 Å². The Bertz CT molecular complexity index is 1040. The van der Waals surface area contributed by atoms with Crippen LogP contribution in [0.4, 0.5) is 19.0 Å². The van der Waals surface area contributed by atoms with Crippen molar-refractivity contribution in [3.05, 3.63) is 64.8 Å². The number of halogens is 3. The predicted molar refractivity (Wildman–Crippen MR) is 110 cm³/mol. The van der Waals surface area contributed by atoms with E-state index in [4.69, 9.17) is 4.52 Å². The van der Waals surface area contributed by atoms with Gasteiger partial charge >= 0.3 is 6.18 Å². The van der Waals surface area contributed by atoms with Gasteiger partial charge in [-0.05, 0) is 38.1 Å². The van der Waals surface area contributed by atoms with Crippen molar-refractivity contribution in [2.24, 2.45) is 0 Å². The van der Waals surface area contributed by atoms with Gasteiger partial charge in [0.25, 0.3) is 5.91 Å². The van der Waals surface area contributed by atoms with Crippen molar-refractivity contribution in [2.75, 3.05) is 18.4 Å². The Morgan fingerprint density at radius 2 is 1.87 bits per heavy atom. The summed E-state index contributed by atoms with van der Waals surface area (Å²) in [6.07, 6.45) is -1.65. The number of anilines is 1. The number of hydrogen-bond acceptors (Lipinski definition) is 7. The van der Waals surface area contributed by atoms with Crippen molar-refractivity contribution in [2.45, 2.75) is 30.8 Å². The van der Waals surface area contributed by atoms with Crippen LogP contribution in [0.1, 0.15) is 32.9 Å². The molecule has 2 N–H and O–H groups in total. The van der Waals surface area contributed by atoms with Crippen LogP contribution in [-0.4, -0.2) is 34.1 Å². The standard InChI is InChI=1S/C20H20F3N5O2S/c1-12-15(13(2)30-28-12)11-31-19-14(5-3-8-27-19)18(29)26-10-9-25-17-16(20(21,22)23)6-4-7-24-17/h3-8H,9-11H2,1-2H3,(H,24,25)(H,26,29). The highest BCUT2D eigenvalue weighted by Gasteiger charge is 2.33. The normalized spacial score (nSPS) is 11.4. The fraction of sp³-hybridized carbons (Fsp3) is 0.300. The van der Waals surface area contributed by atoms with Gasteiger partial charge in [0.15, 0.2) is 0 Å². The van der Waals surface area contributed by atoms with Crippen LogP contribution < -0.4 is 10.6 Å². The van der Waals surface area contributed by atoms with Gasteiger partial charge in [0, 0.05) is 36.8 Å². The second kappa shape index (κ2) is 9.82. The summed E-state index contributed by atoms with van der Waals surface area (Å²) in [5.41, 5.74) is 1.26. The summed E-state index contributed by atoms with van der Waals surface area (Å²) >= 11 is 1.38. The first-order chi connectivity index (χ1) is 14.8. The zero-order chi connectivity index (χ0) is 22.4. The Labute approximate surface area is 180 Å². The molecule has 0 bridgehead atoms. The maximum absolute atomic E-state index is 13.0. The molecular formula is C20H20F3N5O2S. The van der Waals surface area contributed by atoms with Gasteiger partial charge in [-0.3, -0.25) is 4.79 Å². The maximum Gasteiger partial charge on any atom is 0.419 e. The van der Waals surface area contributed by atoms with Crippen LogP contribution in [0.5, 0.6) is 0 Å². The largest absolute Gasteiger partial charge is 0.419 e. The van der Waals surface area contributed by atoms with Crippen molar-refractivity contribution in [1.82, 2.24) is 20.4 Å². The Kier molecular flexibility index (Phi) is 7.16. The van der Waals surface area contributed by atoms with E-state index in [-0.39, 0.29) is 24.8 Å². The molecule has 0 spiro atoms. The van der Waals surface area contributed by atoms with Crippen LogP contribution in [0, 0.1) is 13.8 Å². The molecule has 0 fully saturated rings. The Morgan fingerprint density at radius 3 is 2.58 bits per heavy atom. The summed E-state index contributed by atoms with van der Waals surface area (Å²) in [7, 11) is 0. The molecular weight excluding hydrogens is 431 g/mol. The molecule has 31 heavy (non-hydrogen) atoms. The molecule has 0 aliphatic heterocycles. The van der Waals surface area contributed by atoms with Crippen LogP contribution >= 0.6 is 11.8 Å². The number of thioether (sulfide) groups is 1. The highest BCUT2D eigenvalue weighted by atomic mass is 32.2. The molecule has 0 radical (unpaired) electrons. The van der Waals surface area contributed by atoms with Gasteiger partial charge in [0.1, 0.15) is 16.6 Å². The molecule has 0 unspecified atom stereocenters.